The highest BCUT2D eigenvalue weighted by Gasteiger charge is 2.35. The van der Waals surface area contributed by atoms with E-state index in [0.717, 1.165) is 38.3 Å². The Balaban J connectivity index is 1.58. The van der Waals surface area contributed by atoms with Crippen LogP contribution in [0.25, 0.3) is 0 Å². The van der Waals surface area contributed by atoms with Gasteiger partial charge in [0.15, 0.2) is 0 Å². The van der Waals surface area contributed by atoms with Crippen LogP contribution in [-0.4, -0.2) is 90.8 Å². The average molecular weight is 402 g/mol. The molecule has 2 saturated heterocycles. The number of likely N-dealkylation sites (N-methyl/N-ethyl adjacent to an activating group) is 1. The van der Waals surface area contributed by atoms with E-state index in [-0.39, 0.29) is 24.1 Å². The fourth-order valence-electron chi connectivity index (χ4n) is 3.79. The number of carbonyl (C=O) groups excluding carboxylic acids is 3. The summed E-state index contributed by atoms with van der Waals surface area (Å²) in [5.41, 5.74) is 1.79. The minimum absolute atomic E-state index is 0.0466. The van der Waals surface area contributed by atoms with Crippen LogP contribution in [0.4, 0.5) is 5.69 Å². The highest BCUT2D eigenvalue weighted by molar-refractivity contribution is 5.97. The Morgan fingerprint density at radius 3 is 2.38 bits per heavy atom. The number of nitrogens with zero attached hydrogens (tertiary/aromatic N) is 3. The van der Waals surface area contributed by atoms with Crippen LogP contribution >= 0.6 is 0 Å². The number of carbonyl (C=O) groups is 3. The summed E-state index contributed by atoms with van der Waals surface area (Å²) >= 11 is 0. The standard InChI is InChI=1S/C21H31N5O3/c1-3-24-10-12-25(13-11-24)15-20(28)26-9-8-22-21(29)18(26)14-19(27)23-17-6-4-16(2)5-7-17/h4-7,18H,3,8-15H2,1-2H3,(H,22,29)(H,23,27)/t18-/m0/s1. The fourth-order valence-corrected chi connectivity index (χ4v) is 3.79. The first-order valence-electron chi connectivity index (χ1n) is 10.3. The number of hydrogen-bond acceptors (Lipinski definition) is 5. The lowest BCUT2D eigenvalue weighted by Gasteiger charge is -2.38. The maximum atomic E-state index is 12.9. The largest absolute Gasteiger partial charge is 0.353 e. The van der Waals surface area contributed by atoms with Gasteiger partial charge in [0.1, 0.15) is 6.04 Å². The maximum absolute atomic E-state index is 12.9. The summed E-state index contributed by atoms with van der Waals surface area (Å²) in [4.78, 5) is 43.9. The van der Waals surface area contributed by atoms with Gasteiger partial charge in [-0.2, -0.15) is 0 Å². The second-order valence-electron chi connectivity index (χ2n) is 7.72. The van der Waals surface area contributed by atoms with E-state index < -0.39 is 6.04 Å². The van der Waals surface area contributed by atoms with Gasteiger partial charge in [-0.25, -0.2) is 0 Å². The number of rotatable bonds is 6. The van der Waals surface area contributed by atoms with Gasteiger partial charge in [0.2, 0.25) is 17.7 Å². The van der Waals surface area contributed by atoms with Gasteiger partial charge < -0.3 is 20.4 Å². The molecule has 1 aromatic rings. The molecule has 8 heteroatoms. The molecule has 2 N–H and O–H groups in total. The first kappa shape index (κ1) is 21.3. The van der Waals surface area contributed by atoms with E-state index in [9.17, 15) is 14.4 Å². The van der Waals surface area contributed by atoms with Crippen LogP contribution in [0.5, 0.6) is 0 Å². The Labute approximate surface area is 172 Å². The van der Waals surface area contributed by atoms with E-state index in [1.165, 1.54) is 0 Å². The summed E-state index contributed by atoms with van der Waals surface area (Å²) in [5.74, 6) is -0.623. The van der Waals surface area contributed by atoms with Gasteiger partial charge in [-0.05, 0) is 25.6 Å². The number of hydrogen-bond donors (Lipinski definition) is 2. The number of piperazine rings is 2. The van der Waals surface area contributed by atoms with Crippen LogP contribution < -0.4 is 10.6 Å². The van der Waals surface area contributed by atoms with Crippen molar-refractivity contribution in [3.63, 3.8) is 0 Å². The van der Waals surface area contributed by atoms with Crippen molar-refractivity contribution in [3.8, 4) is 0 Å². The lowest BCUT2D eigenvalue weighted by molar-refractivity contribution is -0.145. The van der Waals surface area contributed by atoms with E-state index >= 15 is 0 Å². The van der Waals surface area contributed by atoms with Crippen LogP contribution in [0.1, 0.15) is 18.9 Å². The van der Waals surface area contributed by atoms with Crippen LogP contribution in [0.15, 0.2) is 24.3 Å². The number of benzene rings is 1. The molecule has 2 aliphatic heterocycles. The molecule has 158 valence electrons. The molecule has 0 bridgehead atoms. The lowest BCUT2D eigenvalue weighted by atomic mass is 10.1. The molecule has 0 aliphatic carbocycles. The Kier molecular flexibility index (Phi) is 7.22. The van der Waals surface area contributed by atoms with Crippen molar-refractivity contribution in [3.05, 3.63) is 29.8 Å². The molecule has 8 nitrogen and oxygen atoms in total. The highest BCUT2D eigenvalue weighted by Crippen LogP contribution is 2.14. The molecule has 3 amide bonds. The SMILES string of the molecule is CCN1CCN(CC(=O)N2CCNC(=O)[C@@H]2CC(=O)Nc2ccc(C)cc2)CC1. The summed E-state index contributed by atoms with van der Waals surface area (Å²) in [6, 6.07) is 6.72. The van der Waals surface area contributed by atoms with Gasteiger partial charge in [-0.15, -0.1) is 0 Å². The van der Waals surface area contributed by atoms with Crippen molar-refractivity contribution >= 4 is 23.4 Å². The Bertz CT molecular complexity index is 728. The lowest BCUT2D eigenvalue weighted by Crippen LogP contribution is -2.60. The highest BCUT2D eigenvalue weighted by atomic mass is 16.2. The molecular weight excluding hydrogens is 370 g/mol. The van der Waals surface area contributed by atoms with Crippen LogP contribution in [-0.2, 0) is 14.4 Å². The van der Waals surface area contributed by atoms with Crippen LogP contribution in [0.2, 0.25) is 0 Å². The van der Waals surface area contributed by atoms with Crippen LogP contribution in [0.3, 0.4) is 0 Å². The molecule has 0 spiro atoms. The van der Waals surface area contributed by atoms with Gasteiger partial charge in [0.05, 0.1) is 13.0 Å². The average Bonchev–Trinajstić information content (AvgIpc) is 2.71. The van der Waals surface area contributed by atoms with Gasteiger partial charge >= 0.3 is 0 Å². The van der Waals surface area contributed by atoms with E-state index in [4.69, 9.17) is 0 Å². The van der Waals surface area contributed by atoms with Crippen molar-refractivity contribution < 1.29 is 14.4 Å². The van der Waals surface area contributed by atoms with Gasteiger partial charge in [0, 0.05) is 45.0 Å². The summed E-state index contributed by atoms with van der Waals surface area (Å²) in [6.45, 7) is 9.87. The second kappa shape index (κ2) is 9.84. The number of anilines is 1. The Hall–Kier alpha value is -2.45. The molecule has 3 rings (SSSR count). The van der Waals surface area contributed by atoms with Crippen molar-refractivity contribution in [2.75, 3.05) is 57.7 Å². The molecule has 2 heterocycles. The zero-order valence-electron chi connectivity index (χ0n) is 17.3. The maximum Gasteiger partial charge on any atom is 0.243 e. The van der Waals surface area contributed by atoms with Crippen molar-refractivity contribution in [2.24, 2.45) is 0 Å². The quantitative estimate of drug-likeness (QED) is 0.716. The van der Waals surface area contributed by atoms with E-state index in [2.05, 4.69) is 27.4 Å². The minimum Gasteiger partial charge on any atom is -0.353 e. The van der Waals surface area contributed by atoms with Gasteiger partial charge in [-0.1, -0.05) is 24.6 Å². The third-order valence-electron chi connectivity index (χ3n) is 5.64. The van der Waals surface area contributed by atoms with Crippen molar-refractivity contribution in [1.82, 2.24) is 20.0 Å². The predicted octanol–water partition coefficient (Wildman–Crippen LogP) is 0.288. The number of amides is 3. The topological polar surface area (TPSA) is 85.0 Å². The van der Waals surface area contributed by atoms with E-state index in [0.29, 0.717) is 25.3 Å². The molecular formula is C21H31N5O3. The Morgan fingerprint density at radius 2 is 1.72 bits per heavy atom. The molecule has 2 aliphatic rings. The van der Waals surface area contributed by atoms with E-state index in [1.54, 1.807) is 4.90 Å². The normalized spacial score (nSPS) is 21.0. The number of aryl methyl sites for hydroxylation is 1. The van der Waals surface area contributed by atoms with Gasteiger partial charge in [0.25, 0.3) is 0 Å². The molecule has 1 aromatic carbocycles. The fraction of sp³-hybridized carbons (Fsp3) is 0.571. The third-order valence-corrected chi connectivity index (χ3v) is 5.64. The monoisotopic (exact) mass is 401 g/mol. The summed E-state index contributed by atoms with van der Waals surface area (Å²) in [6.07, 6.45) is -0.0466. The zero-order valence-corrected chi connectivity index (χ0v) is 17.3. The molecule has 0 saturated carbocycles. The molecule has 1 atom stereocenters. The molecule has 0 radical (unpaired) electrons. The predicted molar refractivity (Wildman–Crippen MR) is 111 cm³/mol. The minimum atomic E-state index is -0.765. The summed E-state index contributed by atoms with van der Waals surface area (Å²) in [7, 11) is 0. The summed E-state index contributed by atoms with van der Waals surface area (Å²) in [5, 5.41) is 5.59. The molecule has 0 unspecified atom stereocenters. The smallest absolute Gasteiger partial charge is 0.243 e. The van der Waals surface area contributed by atoms with Crippen LogP contribution in [0, 0.1) is 6.92 Å². The second-order valence-corrected chi connectivity index (χ2v) is 7.72. The van der Waals surface area contributed by atoms with Gasteiger partial charge in [-0.3, -0.25) is 19.3 Å². The first-order chi connectivity index (χ1) is 14.0. The van der Waals surface area contributed by atoms with Crippen molar-refractivity contribution in [2.45, 2.75) is 26.3 Å². The molecule has 2 fully saturated rings. The first-order valence-corrected chi connectivity index (χ1v) is 10.3. The summed E-state index contributed by atoms with van der Waals surface area (Å²) < 4.78 is 0. The molecule has 29 heavy (non-hydrogen) atoms. The van der Waals surface area contributed by atoms with Crippen molar-refractivity contribution in [1.29, 1.82) is 0 Å². The van der Waals surface area contributed by atoms with E-state index in [1.807, 2.05) is 31.2 Å². The molecule has 0 aromatic heterocycles. The third kappa shape index (κ3) is 5.77. The number of nitrogens with one attached hydrogen (secondary N) is 2. The Morgan fingerprint density at radius 1 is 1.07 bits per heavy atom. The zero-order chi connectivity index (χ0) is 20.8.